The molecule has 0 aliphatic rings. The fourth-order valence-corrected chi connectivity index (χ4v) is 2.48. The van der Waals surface area contributed by atoms with Crippen LogP contribution in [-0.4, -0.2) is 30.2 Å². The van der Waals surface area contributed by atoms with Crippen molar-refractivity contribution in [1.82, 2.24) is 10.2 Å². The van der Waals surface area contributed by atoms with Gasteiger partial charge in [-0.15, -0.1) is 0 Å². The van der Waals surface area contributed by atoms with E-state index in [9.17, 15) is 14.0 Å². The van der Waals surface area contributed by atoms with Crippen molar-refractivity contribution in [2.75, 3.05) is 14.2 Å². The third-order valence-electron chi connectivity index (χ3n) is 3.89. The number of benzene rings is 2. The number of rotatable bonds is 5. The Kier molecular flexibility index (Phi) is 4.83. The second-order valence-electron chi connectivity index (χ2n) is 5.63. The SMILES string of the molecule is COc1ccc(-[n+]2[nH]oc(=O)c2CN(C)C(=O)c2ccc(F)cc2)cc1. The number of halogens is 1. The molecule has 0 saturated carbocycles. The zero-order chi connectivity index (χ0) is 18.7. The molecular weight excluding hydrogens is 341 g/mol. The van der Waals surface area contributed by atoms with Gasteiger partial charge in [-0.1, -0.05) is 0 Å². The van der Waals surface area contributed by atoms with E-state index in [2.05, 4.69) is 5.27 Å². The summed E-state index contributed by atoms with van der Waals surface area (Å²) in [5, 5.41) is 2.52. The van der Waals surface area contributed by atoms with Crippen molar-refractivity contribution in [3.05, 3.63) is 76.0 Å². The van der Waals surface area contributed by atoms with Gasteiger partial charge in [-0.05, 0) is 46.4 Å². The van der Waals surface area contributed by atoms with Crippen molar-refractivity contribution in [2.45, 2.75) is 6.54 Å². The number of aromatic nitrogens is 2. The summed E-state index contributed by atoms with van der Waals surface area (Å²) in [6, 6.07) is 12.2. The lowest BCUT2D eigenvalue weighted by molar-refractivity contribution is -0.678. The van der Waals surface area contributed by atoms with Crippen LogP contribution in [-0.2, 0) is 6.54 Å². The molecule has 134 valence electrons. The number of hydrogen-bond acceptors (Lipinski definition) is 4. The van der Waals surface area contributed by atoms with Crippen LogP contribution in [0.2, 0.25) is 0 Å². The molecule has 2 aromatic carbocycles. The normalized spacial score (nSPS) is 10.6. The van der Waals surface area contributed by atoms with Crippen LogP contribution in [0.1, 0.15) is 16.1 Å². The molecule has 3 aromatic rings. The predicted octanol–water partition coefficient (Wildman–Crippen LogP) is 1.66. The zero-order valence-corrected chi connectivity index (χ0v) is 14.2. The number of carbonyl (C=O) groups excluding carboxylic acids is 1. The fraction of sp³-hybridized carbons (Fsp3) is 0.167. The van der Waals surface area contributed by atoms with Crippen molar-refractivity contribution < 1.29 is 23.1 Å². The molecule has 0 aliphatic carbocycles. The van der Waals surface area contributed by atoms with Crippen molar-refractivity contribution >= 4 is 5.91 Å². The largest absolute Gasteiger partial charge is 0.497 e. The van der Waals surface area contributed by atoms with E-state index >= 15 is 0 Å². The number of ether oxygens (including phenoxy) is 1. The minimum absolute atomic E-state index is 0.00801. The van der Waals surface area contributed by atoms with Crippen molar-refractivity contribution in [1.29, 1.82) is 0 Å². The van der Waals surface area contributed by atoms with Crippen LogP contribution in [0.25, 0.3) is 5.69 Å². The Labute approximate surface area is 148 Å². The molecule has 0 bridgehead atoms. The van der Waals surface area contributed by atoms with E-state index in [1.165, 1.54) is 33.8 Å². The first-order chi connectivity index (χ1) is 12.5. The summed E-state index contributed by atoms with van der Waals surface area (Å²) in [7, 11) is 3.11. The van der Waals surface area contributed by atoms with Crippen molar-refractivity contribution in [3.8, 4) is 11.4 Å². The standard InChI is InChI=1S/C18H16FN3O4/c1-21(17(23)12-3-5-13(19)6-4-12)11-16-18(24)26-20-22(16)14-7-9-15(25-2)10-8-14/h3-10H,11H2,1-2H3/p+1. The van der Waals surface area contributed by atoms with Gasteiger partial charge in [0.15, 0.2) is 0 Å². The van der Waals surface area contributed by atoms with Gasteiger partial charge >= 0.3 is 11.3 Å². The van der Waals surface area contributed by atoms with E-state index in [-0.39, 0.29) is 18.1 Å². The Morgan fingerprint density at radius 3 is 2.46 bits per heavy atom. The second-order valence-corrected chi connectivity index (χ2v) is 5.63. The highest BCUT2D eigenvalue weighted by Crippen LogP contribution is 2.12. The maximum Gasteiger partial charge on any atom is 0.432 e. The summed E-state index contributed by atoms with van der Waals surface area (Å²) >= 11 is 0. The average molecular weight is 358 g/mol. The van der Waals surface area contributed by atoms with Gasteiger partial charge in [0.2, 0.25) is 5.69 Å². The third kappa shape index (κ3) is 3.49. The lowest BCUT2D eigenvalue weighted by Crippen LogP contribution is -2.42. The van der Waals surface area contributed by atoms with Crippen LogP contribution in [0.4, 0.5) is 4.39 Å². The quantitative estimate of drug-likeness (QED) is 0.704. The molecule has 0 aliphatic heterocycles. The van der Waals surface area contributed by atoms with E-state index in [1.807, 2.05) is 0 Å². The first-order valence-corrected chi connectivity index (χ1v) is 7.77. The molecule has 0 fully saturated rings. The van der Waals surface area contributed by atoms with E-state index in [0.29, 0.717) is 17.0 Å². The Morgan fingerprint density at radius 2 is 1.85 bits per heavy atom. The summed E-state index contributed by atoms with van der Waals surface area (Å²) < 4.78 is 24.4. The lowest BCUT2D eigenvalue weighted by atomic mass is 10.2. The number of nitrogens with one attached hydrogen (secondary N) is 1. The molecule has 1 amide bonds. The van der Waals surface area contributed by atoms with Crippen LogP contribution < -0.4 is 15.0 Å². The topological polar surface area (TPSA) is 79.4 Å². The third-order valence-corrected chi connectivity index (χ3v) is 3.89. The van der Waals surface area contributed by atoms with Crippen LogP contribution in [0.15, 0.2) is 57.8 Å². The molecule has 3 rings (SSSR count). The number of methoxy groups -OCH3 is 1. The molecule has 0 saturated heterocycles. The molecule has 26 heavy (non-hydrogen) atoms. The molecule has 1 aromatic heterocycles. The molecule has 0 spiro atoms. The van der Waals surface area contributed by atoms with Gasteiger partial charge in [0.25, 0.3) is 5.91 Å². The Hall–Kier alpha value is -3.42. The van der Waals surface area contributed by atoms with Crippen molar-refractivity contribution in [2.24, 2.45) is 0 Å². The maximum atomic E-state index is 13.0. The molecule has 0 radical (unpaired) electrons. The molecule has 8 heteroatoms. The van der Waals surface area contributed by atoms with Crippen LogP contribution in [0.3, 0.4) is 0 Å². The Morgan fingerprint density at radius 1 is 1.19 bits per heavy atom. The summed E-state index contributed by atoms with van der Waals surface area (Å²) in [5.41, 5.74) is 0.631. The monoisotopic (exact) mass is 358 g/mol. The van der Waals surface area contributed by atoms with E-state index in [4.69, 9.17) is 9.26 Å². The number of H-pyrrole nitrogens is 1. The van der Waals surface area contributed by atoms with Gasteiger partial charge in [-0.3, -0.25) is 9.32 Å². The van der Waals surface area contributed by atoms with E-state index < -0.39 is 11.4 Å². The summed E-state index contributed by atoms with van der Waals surface area (Å²) in [4.78, 5) is 25.9. The van der Waals surface area contributed by atoms with E-state index in [1.54, 1.807) is 38.4 Å². The van der Waals surface area contributed by atoms with Gasteiger partial charge in [0.05, 0.1) is 7.11 Å². The average Bonchev–Trinajstić information content (AvgIpc) is 3.02. The molecule has 1 N–H and O–H groups in total. The number of hydrogen-bond donors (Lipinski definition) is 1. The minimum atomic E-state index is -0.584. The molecular formula is C18H17FN3O4+. The number of nitrogens with zero attached hydrogens (tertiary/aromatic N) is 2. The van der Waals surface area contributed by atoms with Crippen molar-refractivity contribution in [3.63, 3.8) is 0 Å². The van der Waals surface area contributed by atoms with Crippen LogP contribution >= 0.6 is 0 Å². The highest BCUT2D eigenvalue weighted by Gasteiger charge is 2.26. The molecule has 0 unspecified atom stereocenters. The smallest absolute Gasteiger partial charge is 0.432 e. The maximum absolute atomic E-state index is 13.0. The molecule has 0 atom stereocenters. The number of aromatic amines is 1. The number of amides is 1. The second kappa shape index (κ2) is 7.22. The van der Waals surface area contributed by atoms with Gasteiger partial charge in [0.1, 0.15) is 18.1 Å². The van der Waals surface area contributed by atoms with Crippen LogP contribution in [0.5, 0.6) is 5.75 Å². The Bertz CT molecular complexity index is 961. The van der Waals surface area contributed by atoms with Gasteiger partial charge < -0.3 is 9.64 Å². The van der Waals surface area contributed by atoms with Gasteiger partial charge in [-0.2, -0.15) is 0 Å². The predicted molar refractivity (Wildman–Crippen MR) is 89.6 cm³/mol. The summed E-state index contributed by atoms with van der Waals surface area (Å²) in [5.74, 6) is -0.0925. The van der Waals surface area contributed by atoms with Crippen LogP contribution in [0, 0.1) is 5.82 Å². The van der Waals surface area contributed by atoms with Gasteiger partial charge in [0, 0.05) is 24.7 Å². The Balaban J connectivity index is 1.85. The molecule has 7 nitrogen and oxygen atoms in total. The highest BCUT2D eigenvalue weighted by molar-refractivity contribution is 5.93. The zero-order valence-electron chi connectivity index (χ0n) is 14.2. The minimum Gasteiger partial charge on any atom is -0.497 e. The number of carbonyl (C=O) groups is 1. The first kappa shape index (κ1) is 17.4. The summed E-state index contributed by atoms with van der Waals surface area (Å²) in [6.45, 7) is 0.00801. The van der Waals surface area contributed by atoms with Gasteiger partial charge in [-0.25, -0.2) is 9.18 Å². The first-order valence-electron chi connectivity index (χ1n) is 7.77. The lowest BCUT2D eigenvalue weighted by Gasteiger charge is -2.14. The fourth-order valence-electron chi connectivity index (χ4n) is 2.48. The van der Waals surface area contributed by atoms with E-state index in [0.717, 1.165) is 0 Å². The molecule has 1 heterocycles. The highest BCUT2D eigenvalue weighted by atomic mass is 19.1. The summed E-state index contributed by atoms with van der Waals surface area (Å²) in [6.07, 6.45) is 0.